The van der Waals surface area contributed by atoms with Gasteiger partial charge in [0.1, 0.15) is 5.76 Å². The van der Waals surface area contributed by atoms with Crippen LogP contribution in [-0.4, -0.2) is 11.2 Å². The summed E-state index contributed by atoms with van der Waals surface area (Å²) < 4.78 is 5.29. The molecule has 100 valence electrons. The maximum Gasteiger partial charge on any atom is 0.174 e. The summed E-state index contributed by atoms with van der Waals surface area (Å²) >= 11 is 5.48. The Kier molecular flexibility index (Phi) is 4.58. The summed E-state index contributed by atoms with van der Waals surface area (Å²) in [7, 11) is 0. The SMILES string of the molecule is CC(C)N(C(=S)NCc1ccco1)c1ccccc1. The summed E-state index contributed by atoms with van der Waals surface area (Å²) in [6.07, 6.45) is 1.66. The lowest BCUT2D eigenvalue weighted by Crippen LogP contribution is -2.43. The molecule has 0 aliphatic carbocycles. The number of furan rings is 1. The van der Waals surface area contributed by atoms with Crippen molar-refractivity contribution in [3.8, 4) is 0 Å². The van der Waals surface area contributed by atoms with Crippen molar-refractivity contribution in [3.05, 3.63) is 54.5 Å². The molecule has 0 aliphatic heterocycles. The van der Waals surface area contributed by atoms with Crippen LogP contribution in [-0.2, 0) is 6.54 Å². The maximum atomic E-state index is 5.48. The Labute approximate surface area is 119 Å². The van der Waals surface area contributed by atoms with E-state index in [9.17, 15) is 0 Å². The predicted octanol–water partition coefficient (Wildman–Crippen LogP) is 3.57. The molecular weight excluding hydrogens is 256 g/mol. The number of hydrogen-bond acceptors (Lipinski definition) is 2. The number of anilines is 1. The number of nitrogens with zero attached hydrogens (tertiary/aromatic N) is 1. The van der Waals surface area contributed by atoms with Gasteiger partial charge in [-0.3, -0.25) is 0 Å². The van der Waals surface area contributed by atoms with Gasteiger partial charge in [-0.15, -0.1) is 0 Å². The lowest BCUT2D eigenvalue weighted by Gasteiger charge is -2.29. The van der Waals surface area contributed by atoms with Crippen molar-refractivity contribution in [2.75, 3.05) is 4.90 Å². The molecule has 0 amide bonds. The Morgan fingerprint density at radius 3 is 2.53 bits per heavy atom. The summed E-state index contributed by atoms with van der Waals surface area (Å²) in [5.41, 5.74) is 1.09. The van der Waals surface area contributed by atoms with Crippen molar-refractivity contribution < 1.29 is 4.42 Å². The molecule has 0 saturated carbocycles. The Hall–Kier alpha value is -1.81. The van der Waals surface area contributed by atoms with Crippen LogP contribution >= 0.6 is 12.2 Å². The second-order valence-electron chi connectivity index (χ2n) is 4.54. The molecule has 2 aromatic rings. The van der Waals surface area contributed by atoms with Gasteiger partial charge in [-0.25, -0.2) is 0 Å². The lowest BCUT2D eigenvalue weighted by atomic mass is 10.2. The average Bonchev–Trinajstić information content (AvgIpc) is 2.90. The van der Waals surface area contributed by atoms with Gasteiger partial charge in [-0.1, -0.05) is 18.2 Å². The van der Waals surface area contributed by atoms with E-state index in [-0.39, 0.29) is 0 Å². The number of thiocarbonyl (C=S) groups is 1. The smallest absolute Gasteiger partial charge is 0.174 e. The molecule has 1 aromatic heterocycles. The number of rotatable bonds is 4. The second kappa shape index (κ2) is 6.38. The Morgan fingerprint density at radius 1 is 1.21 bits per heavy atom. The summed E-state index contributed by atoms with van der Waals surface area (Å²) in [4.78, 5) is 2.10. The zero-order valence-corrected chi connectivity index (χ0v) is 12.0. The molecule has 0 bridgehead atoms. The molecule has 19 heavy (non-hydrogen) atoms. The summed E-state index contributed by atoms with van der Waals surface area (Å²) in [6, 6.07) is 14.2. The van der Waals surface area contributed by atoms with Gasteiger partial charge >= 0.3 is 0 Å². The number of para-hydroxylation sites is 1. The molecule has 0 unspecified atom stereocenters. The van der Waals surface area contributed by atoms with E-state index < -0.39 is 0 Å². The van der Waals surface area contributed by atoms with E-state index >= 15 is 0 Å². The van der Waals surface area contributed by atoms with E-state index in [0.717, 1.165) is 11.4 Å². The molecular formula is C15H18N2OS. The van der Waals surface area contributed by atoms with E-state index in [1.807, 2.05) is 30.3 Å². The standard InChI is InChI=1S/C15H18N2OS/c1-12(2)17(13-7-4-3-5-8-13)15(19)16-11-14-9-6-10-18-14/h3-10,12H,11H2,1-2H3,(H,16,19). The fourth-order valence-electron chi connectivity index (χ4n) is 1.90. The first-order chi connectivity index (χ1) is 9.18. The number of nitrogens with one attached hydrogen (secondary N) is 1. The van der Waals surface area contributed by atoms with Crippen LogP contribution < -0.4 is 10.2 Å². The maximum absolute atomic E-state index is 5.48. The first-order valence-electron chi connectivity index (χ1n) is 6.33. The van der Waals surface area contributed by atoms with E-state index in [2.05, 4.69) is 36.2 Å². The van der Waals surface area contributed by atoms with Crippen LogP contribution in [0.3, 0.4) is 0 Å². The van der Waals surface area contributed by atoms with Gasteiger partial charge in [0.25, 0.3) is 0 Å². The molecule has 3 nitrogen and oxygen atoms in total. The van der Waals surface area contributed by atoms with Crippen LogP contribution in [0.15, 0.2) is 53.1 Å². The first-order valence-corrected chi connectivity index (χ1v) is 6.74. The fourth-order valence-corrected chi connectivity index (χ4v) is 2.29. The van der Waals surface area contributed by atoms with Crippen molar-refractivity contribution >= 4 is 23.0 Å². The third kappa shape index (κ3) is 3.58. The van der Waals surface area contributed by atoms with E-state index in [1.165, 1.54) is 0 Å². The van der Waals surface area contributed by atoms with Gasteiger partial charge < -0.3 is 14.6 Å². The van der Waals surface area contributed by atoms with Crippen LogP contribution in [0.1, 0.15) is 19.6 Å². The minimum atomic E-state index is 0.291. The molecule has 1 heterocycles. The van der Waals surface area contributed by atoms with Gasteiger partial charge in [-0.05, 0) is 50.3 Å². The molecule has 0 fully saturated rings. The van der Waals surface area contributed by atoms with Gasteiger partial charge in [-0.2, -0.15) is 0 Å². The van der Waals surface area contributed by atoms with Crippen molar-refractivity contribution in [2.24, 2.45) is 0 Å². The lowest BCUT2D eigenvalue weighted by molar-refractivity contribution is 0.502. The largest absolute Gasteiger partial charge is 0.467 e. The third-order valence-corrected chi connectivity index (χ3v) is 3.10. The van der Waals surface area contributed by atoms with Crippen LogP contribution in [0.25, 0.3) is 0 Å². The molecule has 2 rings (SSSR count). The highest BCUT2D eigenvalue weighted by atomic mass is 32.1. The van der Waals surface area contributed by atoms with Crippen LogP contribution in [0.4, 0.5) is 5.69 Å². The van der Waals surface area contributed by atoms with Crippen LogP contribution in [0, 0.1) is 0 Å². The zero-order chi connectivity index (χ0) is 13.7. The third-order valence-electron chi connectivity index (χ3n) is 2.76. The van der Waals surface area contributed by atoms with E-state index in [4.69, 9.17) is 16.6 Å². The number of benzene rings is 1. The highest BCUT2D eigenvalue weighted by molar-refractivity contribution is 7.80. The second-order valence-corrected chi connectivity index (χ2v) is 4.92. The minimum Gasteiger partial charge on any atom is -0.467 e. The van der Waals surface area contributed by atoms with Gasteiger partial charge in [0.2, 0.25) is 0 Å². The van der Waals surface area contributed by atoms with E-state index in [1.54, 1.807) is 6.26 Å². The average molecular weight is 274 g/mol. The van der Waals surface area contributed by atoms with E-state index in [0.29, 0.717) is 17.7 Å². The fraction of sp³-hybridized carbons (Fsp3) is 0.267. The quantitative estimate of drug-likeness (QED) is 0.863. The summed E-state index contributed by atoms with van der Waals surface area (Å²) in [5.74, 6) is 0.874. The predicted molar refractivity (Wildman–Crippen MR) is 82.2 cm³/mol. The molecule has 0 radical (unpaired) electrons. The molecule has 4 heteroatoms. The zero-order valence-electron chi connectivity index (χ0n) is 11.2. The molecule has 0 atom stereocenters. The highest BCUT2D eigenvalue weighted by Crippen LogP contribution is 2.16. The van der Waals surface area contributed by atoms with Crippen LogP contribution in [0.2, 0.25) is 0 Å². The normalized spacial score (nSPS) is 10.5. The molecule has 1 aromatic carbocycles. The monoisotopic (exact) mass is 274 g/mol. The number of hydrogen-bond donors (Lipinski definition) is 1. The molecule has 0 spiro atoms. The summed E-state index contributed by atoms with van der Waals surface area (Å²) in [5, 5.41) is 3.93. The Morgan fingerprint density at radius 2 is 1.95 bits per heavy atom. The minimum absolute atomic E-state index is 0.291. The van der Waals surface area contributed by atoms with Crippen molar-refractivity contribution in [1.82, 2.24) is 5.32 Å². The van der Waals surface area contributed by atoms with Gasteiger partial charge in [0, 0.05) is 11.7 Å². The van der Waals surface area contributed by atoms with Crippen molar-refractivity contribution in [2.45, 2.75) is 26.4 Å². The van der Waals surface area contributed by atoms with Crippen molar-refractivity contribution in [1.29, 1.82) is 0 Å². The molecule has 1 N–H and O–H groups in total. The topological polar surface area (TPSA) is 28.4 Å². The van der Waals surface area contributed by atoms with Crippen molar-refractivity contribution in [3.63, 3.8) is 0 Å². The van der Waals surface area contributed by atoms with Gasteiger partial charge in [0.15, 0.2) is 5.11 Å². The summed E-state index contributed by atoms with van der Waals surface area (Å²) in [6.45, 7) is 4.84. The highest BCUT2D eigenvalue weighted by Gasteiger charge is 2.15. The first kappa shape index (κ1) is 13.6. The molecule has 0 aliphatic rings. The van der Waals surface area contributed by atoms with Gasteiger partial charge in [0.05, 0.1) is 12.8 Å². The Bertz CT molecular complexity index is 508. The molecule has 0 saturated heterocycles. The van der Waals surface area contributed by atoms with Crippen LogP contribution in [0.5, 0.6) is 0 Å². The Balaban J connectivity index is 2.05.